The Hall–Kier alpha value is -1.48. The molecule has 0 bridgehead atoms. The summed E-state index contributed by atoms with van der Waals surface area (Å²) in [6, 6.07) is 5.64. The van der Waals surface area contributed by atoms with E-state index in [1.165, 1.54) is 18.0 Å². The van der Waals surface area contributed by atoms with Crippen molar-refractivity contribution in [3.05, 3.63) is 50.7 Å². The van der Waals surface area contributed by atoms with E-state index in [2.05, 4.69) is 31.2 Å². The normalized spacial score (nSPS) is 10.7. The quantitative estimate of drug-likeness (QED) is 0.173. The Morgan fingerprint density at radius 1 is 1.36 bits per heavy atom. The van der Waals surface area contributed by atoms with E-state index in [0.29, 0.717) is 29.7 Å². The van der Waals surface area contributed by atoms with Gasteiger partial charge in [-0.3, -0.25) is 4.79 Å². The highest BCUT2D eigenvalue weighted by Gasteiger charge is 2.21. The zero-order valence-corrected chi connectivity index (χ0v) is 18.8. The molecule has 0 amide bonds. The molecule has 28 heavy (non-hydrogen) atoms. The lowest BCUT2D eigenvalue weighted by Gasteiger charge is -2.10. The first-order valence-electron chi connectivity index (χ1n) is 8.72. The Balaban J connectivity index is 1.94. The van der Waals surface area contributed by atoms with Gasteiger partial charge in [0.15, 0.2) is 10.9 Å². The van der Waals surface area contributed by atoms with Gasteiger partial charge in [-0.2, -0.15) is 0 Å². The highest BCUT2D eigenvalue weighted by atomic mass is 79.9. The van der Waals surface area contributed by atoms with Crippen molar-refractivity contribution < 1.29 is 14.3 Å². The first-order chi connectivity index (χ1) is 13.5. The van der Waals surface area contributed by atoms with E-state index >= 15 is 0 Å². The molecule has 2 aromatic rings. The molecule has 1 N–H and O–H groups in total. The summed E-state index contributed by atoms with van der Waals surface area (Å²) < 4.78 is 5.94. The van der Waals surface area contributed by atoms with Crippen LogP contribution >= 0.6 is 39.3 Å². The van der Waals surface area contributed by atoms with Crippen molar-refractivity contribution in [2.24, 2.45) is 0 Å². The molecule has 0 aliphatic carbocycles. The molecular formula is C19H21BrClN3O3S. The Bertz CT molecular complexity index is 831. The molecule has 0 saturated heterocycles. The maximum absolute atomic E-state index is 12.6. The molecule has 0 spiro atoms. The molecule has 0 aliphatic heterocycles. The van der Waals surface area contributed by atoms with Gasteiger partial charge in [0.2, 0.25) is 0 Å². The third-order valence-electron chi connectivity index (χ3n) is 3.83. The Morgan fingerprint density at radius 2 is 2.14 bits per heavy atom. The summed E-state index contributed by atoms with van der Waals surface area (Å²) in [5.41, 5.74) is 1.20. The minimum atomic E-state index is -0.583. The lowest BCUT2D eigenvalue weighted by Crippen LogP contribution is -2.18. The molecule has 9 heteroatoms. The van der Waals surface area contributed by atoms with Crippen LogP contribution in [-0.4, -0.2) is 41.1 Å². The monoisotopic (exact) mass is 485 g/mol. The van der Waals surface area contributed by atoms with Gasteiger partial charge >= 0.3 is 5.97 Å². The predicted octanol–water partition coefficient (Wildman–Crippen LogP) is 4.54. The number of carbonyl (C=O) groups excluding carboxylic acids is 2. The smallest absolute Gasteiger partial charge is 0.342 e. The molecule has 0 atom stereocenters. The zero-order valence-electron chi connectivity index (χ0n) is 15.6. The van der Waals surface area contributed by atoms with Crippen LogP contribution in [0.5, 0.6) is 0 Å². The van der Waals surface area contributed by atoms with Gasteiger partial charge < -0.3 is 10.1 Å². The van der Waals surface area contributed by atoms with Crippen molar-refractivity contribution in [2.75, 3.05) is 19.4 Å². The van der Waals surface area contributed by atoms with Gasteiger partial charge in [-0.05, 0) is 43.8 Å². The second kappa shape index (κ2) is 11.5. The molecule has 0 unspecified atom stereocenters. The minimum absolute atomic E-state index is 0.109. The molecule has 150 valence electrons. The van der Waals surface area contributed by atoms with Crippen LogP contribution in [0.2, 0.25) is 5.02 Å². The number of aromatic nitrogens is 2. The Labute approximate surface area is 181 Å². The number of hydrogen-bond donors (Lipinski definition) is 1. The fourth-order valence-electron chi connectivity index (χ4n) is 2.44. The summed E-state index contributed by atoms with van der Waals surface area (Å²) in [7, 11) is 0. The maximum atomic E-state index is 12.6. The molecule has 0 fully saturated rings. The van der Waals surface area contributed by atoms with Gasteiger partial charge in [0, 0.05) is 28.7 Å². The van der Waals surface area contributed by atoms with E-state index in [1.54, 1.807) is 6.92 Å². The number of Topliss-reactive ketones (excluding diaryl/α,β-unsaturated/α-hetero) is 1. The second-order valence-electron chi connectivity index (χ2n) is 5.74. The highest BCUT2D eigenvalue weighted by molar-refractivity contribution is 9.10. The Kier molecular flexibility index (Phi) is 9.37. The molecule has 0 aliphatic rings. The summed E-state index contributed by atoms with van der Waals surface area (Å²) in [4.78, 5) is 33.0. The SMILES string of the molecule is CCOC(=O)c1cnc(SC)nc1C(=O)CCCNCc1c(Cl)cccc1Br. The predicted molar refractivity (Wildman–Crippen MR) is 114 cm³/mol. The molecule has 1 heterocycles. The Morgan fingerprint density at radius 3 is 2.82 bits per heavy atom. The molecule has 0 saturated carbocycles. The third kappa shape index (κ3) is 6.27. The van der Waals surface area contributed by atoms with Crippen LogP contribution in [0.15, 0.2) is 34.0 Å². The van der Waals surface area contributed by atoms with E-state index < -0.39 is 5.97 Å². The fraction of sp³-hybridized carbons (Fsp3) is 0.368. The molecular weight excluding hydrogens is 466 g/mol. The van der Waals surface area contributed by atoms with E-state index in [4.69, 9.17) is 16.3 Å². The lowest BCUT2D eigenvalue weighted by molar-refractivity contribution is 0.0521. The molecule has 1 aromatic carbocycles. The van der Waals surface area contributed by atoms with Gasteiger partial charge in [-0.1, -0.05) is 45.4 Å². The van der Waals surface area contributed by atoms with Crippen molar-refractivity contribution in [1.82, 2.24) is 15.3 Å². The van der Waals surface area contributed by atoms with Crippen molar-refractivity contribution in [3.63, 3.8) is 0 Å². The number of benzene rings is 1. The van der Waals surface area contributed by atoms with Gasteiger partial charge in [-0.15, -0.1) is 0 Å². The van der Waals surface area contributed by atoms with E-state index in [1.807, 2.05) is 24.5 Å². The average molecular weight is 487 g/mol. The summed E-state index contributed by atoms with van der Waals surface area (Å²) in [6.07, 6.45) is 4.03. The van der Waals surface area contributed by atoms with Crippen LogP contribution in [0.1, 0.15) is 46.2 Å². The maximum Gasteiger partial charge on any atom is 0.342 e. The number of ketones is 1. The summed E-state index contributed by atoms with van der Waals surface area (Å²) in [5, 5.41) is 4.40. The summed E-state index contributed by atoms with van der Waals surface area (Å²) in [5.74, 6) is -0.790. The van der Waals surface area contributed by atoms with E-state index in [9.17, 15) is 9.59 Å². The lowest BCUT2D eigenvalue weighted by atomic mass is 10.1. The van der Waals surface area contributed by atoms with Crippen molar-refractivity contribution in [3.8, 4) is 0 Å². The summed E-state index contributed by atoms with van der Waals surface area (Å²) in [6.45, 7) is 3.14. The van der Waals surface area contributed by atoms with Gasteiger partial charge in [0.1, 0.15) is 11.3 Å². The second-order valence-corrected chi connectivity index (χ2v) is 7.78. The number of nitrogens with one attached hydrogen (secondary N) is 1. The van der Waals surface area contributed by atoms with E-state index in [-0.39, 0.29) is 30.1 Å². The number of carbonyl (C=O) groups is 2. The molecule has 0 radical (unpaired) electrons. The number of thioether (sulfide) groups is 1. The third-order valence-corrected chi connectivity index (χ3v) is 5.49. The first-order valence-corrected chi connectivity index (χ1v) is 11.1. The molecule has 1 aromatic heterocycles. The zero-order chi connectivity index (χ0) is 20.5. The van der Waals surface area contributed by atoms with Crippen LogP contribution in [-0.2, 0) is 11.3 Å². The van der Waals surface area contributed by atoms with Crippen LogP contribution in [0.3, 0.4) is 0 Å². The standard InChI is InChI=1S/C19H21BrClN3O3S/c1-3-27-18(26)13-11-23-19(28-2)24-17(13)16(25)8-5-9-22-10-12-14(20)6-4-7-15(12)21/h4,6-7,11,22H,3,5,8-10H2,1-2H3. The summed E-state index contributed by atoms with van der Waals surface area (Å²) >= 11 is 11.0. The number of esters is 1. The van der Waals surface area contributed by atoms with Crippen LogP contribution in [0, 0.1) is 0 Å². The van der Waals surface area contributed by atoms with Crippen molar-refractivity contribution in [1.29, 1.82) is 0 Å². The van der Waals surface area contributed by atoms with Crippen molar-refractivity contribution >= 4 is 51.0 Å². The number of ether oxygens (including phenoxy) is 1. The molecule has 6 nitrogen and oxygen atoms in total. The fourth-order valence-corrected chi connectivity index (χ4v) is 3.64. The molecule has 2 rings (SSSR count). The van der Waals surface area contributed by atoms with Gasteiger partial charge in [0.25, 0.3) is 0 Å². The highest BCUT2D eigenvalue weighted by Crippen LogP contribution is 2.24. The average Bonchev–Trinajstić information content (AvgIpc) is 2.69. The van der Waals surface area contributed by atoms with Gasteiger partial charge in [-0.25, -0.2) is 14.8 Å². The number of nitrogens with zero attached hydrogens (tertiary/aromatic N) is 2. The topological polar surface area (TPSA) is 81.2 Å². The van der Waals surface area contributed by atoms with Crippen LogP contribution < -0.4 is 5.32 Å². The largest absolute Gasteiger partial charge is 0.462 e. The minimum Gasteiger partial charge on any atom is -0.462 e. The number of rotatable bonds is 10. The van der Waals surface area contributed by atoms with Crippen molar-refractivity contribution in [2.45, 2.75) is 31.5 Å². The van der Waals surface area contributed by atoms with Gasteiger partial charge in [0.05, 0.1) is 6.61 Å². The first kappa shape index (κ1) is 22.8. The van der Waals surface area contributed by atoms with Crippen LogP contribution in [0.4, 0.5) is 0 Å². The van der Waals surface area contributed by atoms with Crippen LogP contribution in [0.25, 0.3) is 0 Å². The number of halogens is 2. The van der Waals surface area contributed by atoms with E-state index in [0.717, 1.165) is 10.0 Å². The number of hydrogen-bond acceptors (Lipinski definition) is 7.